The topological polar surface area (TPSA) is 67.4 Å². The molecule has 0 aliphatic rings. The minimum absolute atomic E-state index is 0.183. The Morgan fingerprint density at radius 3 is 2.53 bits per heavy atom. The third kappa shape index (κ3) is 6.01. The monoisotopic (exact) mass is 264 g/mol. The number of amides is 2. The van der Waals surface area contributed by atoms with Crippen LogP contribution in [0.3, 0.4) is 0 Å². The zero-order chi connectivity index (χ0) is 14.1. The van der Waals surface area contributed by atoms with E-state index in [-0.39, 0.29) is 6.04 Å². The largest absolute Gasteiger partial charge is 0.383 e. The van der Waals surface area contributed by atoms with Crippen molar-refractivity contribution in [3.63, 3.8) is 0 Å². The van der Waals surface area contributed by atoms with Crippen molar-refractivity contribution in [2.24, 2.45) is 0 Å². The second kappa shape index (κ2) is 8.26. The summed E-state index contributed by atoms with van der Waals surface area (Å²) in [5.74, 6) is -1.24. The van der Waals surface area contributed by atoms with Gasteiger partial charge in [-0.2, -0.15) is 0 Å². The molecule has 5 heteroatoms. The van der Waals surface area contributed by atoms with E-state index in [1.165, 1.54) is 0 Å². The molecule has 0 spiro atoms. The summed E-state index contributed by atoms with van der Waals surface area (Å²) >= 11 is 0. The summed E-state index contributed by atoms with van der Waals surface area (Å²) in [5.41, 5.74) is 1.12. The van der Waals surface area contributed by atoms with Gasteiger partial charge < -0.3 is 15.4 Å². The van der Waals surface area contributed by atoms with Gasteiger partial charge in [-0.05, 0) is 18.9 Å². The van der Waals surface area contributed by atoms with Crippen molar-refractivity contribution >= 4 is 11.8 Å². The molecular formula is C14H20N2O3. The predicted molar refractivity (Wildman–Crippen MR) is 72.6 cm³/mol. The van der Waals surface area contributed by atoms with Crippen molar-refractivity contribution in [3.8, 4) is 0 Å². The van der Waals surface area contributed by atoms with Crippen LogP contribution in [0.1, 0.15) is 12.5 Å². The molecule has 5 nitrogen and oxygen atoms in total. The van der Waals surface area contributed by atoms with Crippen LogP contribution >= 0.6 is 0 Å². The van der Waals surface area contributed by atoms with E-state index < -0.39 is 11.8 Å². The van der Waals surface area contributed by atoms with Gasteiger partial charge in [-0.15, -0.1) is 0 Å². The lowest BCUT2D eigenvalue weighted by molar-refractivity contribution is -0.139. The fourth-order valence-corrected chi connectivity index (χ4v) is 1.63. The molecule has 0 aliphatic heterocycles. The summed E-state index contributed by atoms with van der Waals surface area (Å²) in [5, 5.41) is 5.14. The van der Waals surface area contributed by atoms with Crippen LogP contribution < -0.4 is 10.6 Å². The fourth-order valence-electron chi connectivity index (χ4n) is 1.63. The number of carbonyl (C=O) groups is 2. The smallest absolute Gasteiger partial charge is 0.309 e. The van der Waals surface area contributed by atoms with Crippen LogP contribution in [0, 0.1) is 0 Å². The van der Waals surface area contributed by atoms with Gasteiger partial charge in [0.2, 0.25) is 0 Å². The van der Waals surface area contributed by atoms with Crippen LogP contribution in [0.25, 0.3) is 0 Å². The maximum Gasteiger partial charge on any atom is 0.309 e. The van der Waals surface area contributed by atoms with Crippen molar-refractivity contribution in [3.05, 3.63) is 35.9 Å². The standard InChI is InChI=1S/C14H20N2O3/c1-11(10-19-2)16-14(18)13(17)15-9-8-12-6-4-3-5-7-12/h3-7,11H,8-10H2,1-2H3,(H,15,17)(H,16,18)/t11-/m1/s1. The second-order valence-corrected chi connectivity index (χ2v) is 4.32. The van der Waals surface area contributed by atoms with Crippen LogP contribution in [0.5, 0.6) is 0 Å². The molecular weight excluding hydrogens is 244 g/mol. The first-order valence-corrected chi connectivity index (χ1v) is 6.25. The van der Waals surface area contributed by atoms with Gasteiger partial charge >= 0.3 is 11.8 Å². The number of nitrogens with one attached hydrogen (secondary N) is 2. The maximum absolute atomic E-state index is 11.5. The van der Waals surface area contributed by atoms with Crippen molar-refractivity contribution in [2.45, 2.75) is 19.4 Å². The number of ether oxygens (including phenoxy) is 1. The van der Waals surface area contributed by atoms with Gasteiger partial charge in [-0.3, -0.25) is 9.59 Å². The second-order valence-electron chi connectivity index (χ2n) is 4.32. The van der Waals surface area contributed by atoms with Gasteiger partial charge in [-0.1, -0.05) is 30.3 Å². The molecule has 1 atom stereocenters. The van der Waals surface area contributed by atoms with E-state index in [2.05, 4.69) is 10.6 Å². The lowest BCUT2D eigenvalue weighted by Gasteiger charge is -2.12. The maximum atomic E-state index is 11.5. The van der Waals surface area contributed by atoms with Crippen molar-refractivity contribution in [1.82, 2.24) is 10.6 Å². The first-order chi connectivity index (χ1) is 9.13. The Hall–Kier alpha value is -1.88. The SMILES string of the molecule is COC[C@@H](C)NC(=O)C(=O)NCCc1ccccc1. The molecule has 0 saturated heterocycles. The van der Waals surface area contributed by atoms with Gasteiger partial charge in [0.25, 0.3) is 0 Å². The molecule has 1 aromatic rings. The van der Waals surface area contributed by atoms with Gasteiger partial charge in [-0.25, -0.2) is 0 Å². The Kier molecular flexibility index (Phi) is 6.60. The van der Waals surface area contributed by atoms with E-state index in [0.717, 1.165) is 5.56 Å². The quantitative estimate of drug-likeness (QED) is 0.735. The zero-order valence-corrected chi connectivity index (χ0v) is 11.3. The lowest BCUT2D eigenvalue weighted by atomic mass is 10.1. The predicted octanol–water partition coefficient (Wildman–Crippen LogP) is 0.496. The number of rotatable bonds is 6. The van der Waals surface area contributed by atoms with Crippen LogP contribution in [0.15, 0.2) is 30.3 Å². The highest BCUT2D eigenvalue weighted by Gasteiger charge is 2.15. The van der Waals surface area contributed by atoms with Gasteiger partial charge in [0.15, 0.2) is 0 Å². The Bertz CT molecular complexity index is 406. The zero-order valence-electron chi connectivity index (χ0n) is 11.3. The van der Waals surface area contributed by atoms with Crippen molar-refractivity contribution < 1.29 is 14.3 Å². The van der Waals surface area contributed by atoms with Crippen LogP contribution in [-0.2, 0) is 20.7 Å². The first kappa shape index (κ1) is 15.2. The average molecular weight is 264 g/mol. The molecule has 0 heterocycles. The van der Waals surface area contributed by atoms with Crippen LogP contribution in [-0.4, -0.2) is 38.1 Å². The first-order valence-electron chi connectivity index (χ1n) is 6.25. The van der Waals surface area contributed by atoms with Gasteiger partial charge in [0.1, 0.15) is 0 Å². The number of hydrogen-bond donors (Lipinski definition) is 2. The van der Waals surface area contributed by atoms with E-state index in [0.29, 0.717) is 19.6 Å². The molecule has 2 N–H and O–H groups in total. The Morgan fingerprint density at radius 2 is 1.89 bits per heavy atom. The third-order valence-corrected chi connectivity index (χ3v) is 2.54. The molecule has 0 radical (unpaired) electrons. The fraction of sp³-hybridized carbons (Fsp3) is 0.429. The minimum atomic E-state index is -0.627. The number of methoxy groups -OCH3 is 1. The number of benzene rings is 1. The normalized spacial score (nSPS) is 11.7. The number of hydrogen-bond acceptors (Lipinski definition) is 3. The molecule has 1 aromatic carbocycles. The Labute approximate surface area is 113 Å². The highest BCUT2D eigenvalue weighted by Crippen LogP contribution is 1.97. The Morgan fingerprint density at radius 1 is 1.21 bits per heavy atom. The summed E-state index contributed by atoms with van der Waals surface area (Å²) < 4.78 is 4.88. The molecule has 0 bridgehead atoms. The summed E-state index contributed by atoms with van der Waals surface area (Å²) in [6.45, 7) is 2.59. The van der Waals surface area contributed by atoms with Crippen molar-refractivity contribution in [2.75, 3.05) is 20.3 Å². The lowest BCUT2D eigenvalue weighted by Crippen LogP contribution is -2.45. The molecule has 19 heavy (non-hydrogen) atoms. The van der Waals surface area contributed by atoms with Gasteiger partial charge in [0, 0.05) is 19.7 Å². The average Bonchev–Trinajstić information content (AvgIpc) is 2.40. The summed E-state index contributed by atoms with van der Waals surface area (Å²) in [6, 6.07) is 9.59. The number of carbonyl (C=O) groups excluding carboxylic acids is 2. The molecule has 0 unspecified atom stereocenters. The Balaban J connectivity index is 2.25. The molecule has 2 amide bonds. The van der Waals surface area contributed by atoms with E-state index >= 15 is 0 Å². The van der Waals surface area contributed by atoms with Gasteiger partial charge in [0.05, 0.1) is 6.61 Å². The van der Waals surface area contributed by atoms with E-state index in [9.17, 15) is 9.59 Å². The summed E-state index contributed by atoms with van der Waals surface area (Å²) in [7, 11) is 1.54. The van der Waals surface area contributed by atoms with Crippen LogP contribution in [0.2, 0.25) is 0 Å². The van der Waals surface area contributed by atoms with Crippen molar-refractivity contribution in [1.29, 1.82) is 0 Å². The molecule has 104 valence electrons. The highest BCUT2D eigenvalue weighted by molar-refractivity contribution is 6.35. The van der Waals surface area contributed by atoms with E-state index in [4.69, 9.17) is 4.74 Å². The molecule has 0 aromatic heterocycles. The van der Waals surface area contributed by atoms with E-state index in [1.807, 2.05) is 30.3 Å². The highest BCUT2D eigenvalue weighted by atomic mass is 16.5. The molecule has 0 saturated carbocycles. The third-order valence-electron chi connectivity index (χ3n) is 2.54. The summed E-state index contributed by atoms with van der Waals surface area (Å²) in [6.07, 6.45) is 0.702. The molecule has 0 aliphatic carbocycles. The van der Waals surface area contributed by atoms with Crippen LogP contribution in [0.4, 0.5) is 0 Å². The molecule has 0 fully saturated rings. The molecule has 1 rings (SSSR count). The van der Waals surface area contributed by atoms with E-state index in [1.54, 1.807) is 14.0 Å². The summed E-state index contributed by atoms with van der Waals surface area (Å²) in [4.78, 5) is 23.0. The minimum Gasteiger partial charge on any atom is -0.383 e.